The number of anilines is 2. The van der Waals surface area contributed by atoms with E-state index < -0.39 is 5.97 Å². The van der Waals surface area contributed by atoms with Crippen LogP contribution in [0.3, 0.4) is 0 Å². The van der Waals surface area contributed by atoms with Gasteiger partial charge in [0.15, 0.2) is 0 Å². The molecule has 1 fully saturated rings. The van der Waals surface area contributed by atoms with Crippen molar-refractivity contribution in [3.8, 4) is 0 Å². The first-order valence-electron chi connectivity index (χ1n) is 8.63. The zero-order valence-corrected chi connectivity index (χ0v) is 16.1. The van der Waals surface area contributed by atoms with Gasteiger partial charge >= 0.3 is 5.97 Å². The summed E-state index contributed by atoms with van der Waals surface area (Å²) in [6.07, 6.45) is 2.27. The third-order valence-electron chi connectivity index (χ3n) is 4.60. The van der Waals surface area contributed by atoms with Gasteiger partial charge in [0.2, 0.25) is 0 Å². The van der Waals surface area contributed by atoms with Gasteiger partial charge in [0, 0.05) is 23.1 Å². The molecule has 1 atom stereocenters. The van der Waals surface area contributed by atoms with Crippen LogP contribution in [0.15, 0.2) is 46.9 Å². The van der Waals surface area contributed by atoms with Gasteiger partial charge in [-0.25, -0.2) is 4.79 Å². The molecular weight excluding hydrogens is 396 g/mol. The number of hydrogen-bond acceptors (Lipinski definition) is 3. The van der Waals surface area contributed by atoms with E-state index in [0.717, 1.165) is 29.7 Å². The molecule has 0 aliphatic carbocycles. The second-order valence-electron chi connectivity index (χ2n) is 6.69. The Morgan fingerprint density at radius 2 is 1.85 bits per heavy atom. The van der Waals surface area contributed by atoms with Crippen molar-refractivity contribution < 1.29 is 14.7 Å². The van der Waals surface area contributed by atoms with Crippen LogP contribution in [0.5, 0.6) is 0 Å². The summed E-state index contributed by atoms with van der Waals surface area (Å²) in [7, 11) is 0. The Morgan fingerprint density at radius 1 is 1.15 bits per heavy atom. The largest absolute Gasteiger partial charge is 0.478 e. The first kappa shape index (κ1) is 18.5. The minimum Gasteiger partial charge on any atom is -0.478 e. The summed E-state index contributed by atoms with van der Waals surface area (Å²) < 4.78 is 0.893. The van der Waals surface area contributed by atoms with Gasteiger partial charge in [-0.1, -0.05) is 22.9 Å². The number of carbonyl (C=O) groups is 2. The average molecular weight is 417 g/mol. The number of carbonyl (C=O) groups excluding carboxylic acids is 1. The van der Waals surface area contributed by atoms with Crippen LogP contribution >= 0.6 is 15.9 Å². The molecule has 3 rings (SSSR count). The third-order valence-corrected chi connectivity index (χ3v) is 5.12. The van der Waals surface area contributed by atoms with Crippen molar-refractivity contribution in [2.45, 2.75) is 19.8 Å². The second-order valence-corrected chi connectivity index (χ2v) is 7.61. The van der Waals surface area contributed by atoms with Gasteiger partial charge in [0.05, 0.1) is 16.9 Å². The normalized spacial score (nSPS) is 17.0. The number of nitrogens with one attached hydrogen (secondary N) is 1. The topological polar surface area (TPSA) is 69.6 Å². The summed E-state index contributed by atoms with van der Waals surface area (Å²) in [4.78, 5) is 26.2. The Hall–Kier alpha value is -2.34. The van der Waals surface area contributed by atoms with Gasteiger partial charge in [-0.05, 0) is 61.2 Å². The van der Waals surface area contributed by atoms with Crippen molar-refractivity contribution in [2.75, 3.05) is 23.3 Å². The fourth-order valence-electron chi connectivity index (χ4n) is 3.25. The lowest BCUT2D eigenvalue weighted by molar-refractivity contribution is 0.0696. The van der Waals surface area contributed by atoms with Crippen molar-refractivity contribution in [3.05, 3.63) is 58.1 Å². The molecule has 136 valence electrons. The van der Waals surface area contributed by atoms with Gasteiger partial charge in [-0.3, -0.25) is 4.79 Å². The highest BCUT2D eigenvalue weighted by atomic mass is 79.9. The van der Waals surface area contributed by atoms with Gasteiger partial charge in [-0.2, -0.15) is 0 Å². The van der Waals surface area contributed by atoms with Gasteiger partial charge < -0.3 is 15.3 Å². The average Bonchev–Trinajstić information content (AvgIpc) is 2.62. The van der Waals surface area contributed by atoms with Gasteiger partial charge in [-0.15, -0.1) is 0 Å². The lowest BCUT2D eigenvalue weighted by Crippen LogP contribution is -2.35. The lowest BCUT2D eigenvalue weighted by atomic mass is 9.99. The molecule has 1 unspecified atom stereocenters. The fraction of sp³-hybridized carbons (Fsp3) is 0.300. The van der Waals surface area contributed by atoms with E-state index in [2.05, 4.69) is 33.1 Å². The van der Waals surface area contributed by atoms with Crippen molar-refractivity contribution in [1.29, 1.82) is 0 Å². The smallest absolute Gasteiger partial charge is 0.335 e. The second kappa shape index (κ2) is 7.91. The number of nitrogens with zero attached hydrogens (tertiary/aromatic N) is 1. The number of hydrogen-bond donors (Lipinski definition) is 2. The molecule has 0 saturated carbocycles. The fourth-order valence-corrected chi connectivity index (χ4v) is 3.51. The molecule has 1 heterocycles. The Labute approximate surface area is 161 Å². The number of carboxylic acids is 1. The molecular formula is C20H21BrN2O3. The number of amides is 1. The first-order chi connectivity index (χ1) is 12.4. The van der Waals surface area contributed by atoms with Crippen molar-refractivity contribution in [3.63, 3.8) is 0 Å². The Balaban J connectivity index is 1.91. The van der Waals surface area contributed by atoms with Crippen molar-refractivity contribution >= 4 is 39.2 Å². The molecule has 2 aromatic carbocycles. The van der Waals surface area contributed by atoms with E-state index in [1.54, 1.807) is 36.4 Å². The number of benzene rings is 2. The molecule has 1 amide bonds. The summed E-state index contributed by atoms with van der Waals surface area (Å²) >= 11 is 3.35. The summed E-state index contributed by atoms with van der Waals surface area (Å²) in [5, 5.41) is 12.2. The van der Waals surface area contributed by atoms with Crippen LogP contribution < -0.4 is 10.2 Å². The minimum absolute atomic E-state index is 0.157. The van der Waals surface area contributed by atoms with E-state index in [1.807, 2.05) is 0 Å². The van der Waals surface area contributed by atoms with Crippen LogP contribution in [0.1, 0.15) is 40.5 Å². The number of halogens is 1. The molecule has 2 N–H and O–H groups in total. The monoisotopic (exact) mass is 416 g/mol. The van der Waals surface area contributed by atoms with Crippen LogP contribution in [-0.2, 0) is 0 Å². The predicted molar refractivity (Wildman–Crippen MR) is 106 cm³/mol. The van der Waals surface area contributed by atoms with E-state index in [9.17, 15) is 14.7 Å². The molecule has 5 nitrogen and oxygen atoms in total. The molecule has 2 aromatic rings. The number of rotatable bonds is 4. The van der Waals surface area contributed by atoms with Gasteiger partial charge in [0.1, 0.15) is 0 Å². The number of carboxylic acid groups (broad SMARTS) is 1. The van der Waals surface area contributed by atoms with Crippen molar-refractivity contribution in [1.82, 2.24) is 0 Å². The predicted octanol–water partition coefficient (Wildman–Crippen LogP) is 4.64. The van der Waals surface area contributed by atoms with Crippen LogP contribution in [0, 0.1) is 5.92 Å². The van der Waals surface area contributed by atoms with E-state index in [-0.39, 0.29) is 11.5 Å². The first-order valence-corrected chi connectivity index (χ1v) is 9.42. The lowest BCUT2D eigenvalue weighted by Gasteiger charge is -2.34. The maximum Gasteiger partial charge on any atom is 0.335 e. The quantitative estimate of drug-likeness (QED) is 0.761. The molecule has 0 bridgehead atoms. The van der Waals surface area contributed by atoms with E-state index in [4.69, 9.17) is 0 Å². The standard InChI is InChI=1S/C20H21BrN2O3/c1-13-3-2-10-23(12-13)18-9-6-15(20(25)26)11-17(18)22-19(24)14-4-7-16(21)8-5-14/h4-9,11,13H,2-3,10,12H2,1H3,(H,22,24)(H,25,26). The zero-order chi connectivity index (χ0) is 18.7. The zero-order valence-electron chi connectivity index (χ0n) is 14.5. The molecule has 6 heteroatoms. The summed E-state index contributed by atoms with van der Waals surface area (Å²) in [6.45, 7) is 4.00. The number of aromatic carboxylic acids is 1. The highest BCUT2D eigenvalue weighted by molar-refractivity contribution is 9.10. The van der Waals surface area contributed by atoms with E-state index >= 15 is 0 Å². The Kier molecular flexibility index (Phi) is 5.61. The summed E-state index contributed by atoms with van der Waals surface area (Å²) in [5.74, 6) is -0.702. The van der Waals surface area contributed by atoms with Crippen LogP contribution in [-0.4, -0.2) is 30.1 Å². The minimum atomic E-state index is -1.01. The molecule has 26 heavy (non-hydrogen) atoms. The van der Waals surface area contributed by atoms with Crippen molar-refractivity contribution in [2.24, 2.45) is 5.92 Å². The maximum absolute atomic E-state index is 12.6. The van der Waals surface area contributed by atoms with E-state index in [1.165, 1.54) is 12.5 Å². The molecule has 0 aromatic heterocycles. The van der Waals surface area contributed by atoms with E-state index in [0.29, 0.717) is 17.2 Å². The number of piperidine rings is 1. The molecule has 1 aliphatic heterocycles. The molecule has 0 spiro atoms. The highest BCUT2D eigenvalue weighted by Crippen LogP contribution is 2.31. The molecule has 0 radical (unpaired) electrons. The Bertz CT molecular complexity index is 820. The summed E-state index contributed by atoms with van der Waals surface area (Å²) in [5.41, 5.74) is 2.08. The molecule has 1 aliphatic rings. The molecule has 1 saturated heterocycles. The van der Waals surface area contributed by atoms with Crippen LogP contribution in [0.25, 0.3) is 0 Å². The SMILES string of the molecule is CC1CCCN(c2ccc(C(=O)O)cc2NC(=O)c2ccc(Br)cc2)C1. The highest BCUT2D eigenvalue weighted by Gasteiger charge is 2.21. The third kappa shape index (κ3) is 4.25. The Morgan fingerprint density at radius 3 is 2.50 bits per heavy atom. The maximum atomic E-state index is 12.6. The van der Waals surface area contributed by atoms with Gasteiger partial charge in [0.25, 0.3) is 5.91 Å². The summed E-state index contributed by atoms with van der Waals surface area (Å²) in [6, 6.07) is 12.0. The van der Waals surface area contributed by atoms with Crippen LogP contribution in [0.2, 0.25) is 0 Å². The van der Waals surface area contributed by atoms with Crippen LogP contribution in [0.4, 0.5) is 11.4 Å².